The van der Waals surface area contributed by atoms with Crippen LogP contribution in [0.15, 0.2) is 30.3 Å². The molecule has 0 aliphatic heterocycles. The third-order valence-electron chi connectivity index (χ3n) is 6.38. The molecule has 0 atom stereocenters. The molecular weight excluding hydrogens is 458 g/mol. The molecule has 3 N–H and O–H groups in total. The van der Waals surface area contributed by atoms with E-state index in [9.17, 15) is 4.79 Å². The van der Waals surface area contributed by atoms with Gasteiger partial charge in [-0.15, -0.1) is 0 Å². The van der Waals surface area contributed by atoms with E-state index in [-0.39, 0.29) is 5.91 Å². The molecule has 2 rings (SSSR count). The van der Waals surface area contributed by atoms with Crippen molar-refractivity contribution in [3.63, 3.8) is 0 Å². The molecule has 1 aromatic carbocycles. The van der Waals surface area contributed by atoms with Crippen LogP contribution in [0.3, 0.4) is 0 Å². The van der Waals surface area contributed by atoms with Gasteiger partial charge in [0.15, 0.2) is 3.95 Å². The Morgan fingerprint density at radius 2 is 1.29 bits per heavy atom. The Kier molecular flexibility index (Phi) is 14.9. The van der Waals surface area contributed by atoms with Gasteiger partial charge in [0.2, 0.25) is 0 Å². The largest absolute Gasteiger partial charge is 0.383 e. The molecule has 0 saturated heterocycles. The number of benzene rings is 1. The van der Waals surface area contributed by atoms with Crippen molar-refractivity contribution >= 4 is 35.3 Å². The number of rotatable bonds is 19. The lowest BCUT2D eigenvalue weighted by Gasteiger charge is -2.07. The Balaban J connectivity index is 1.47. The van der Waals surface area contributed by atoms with Crippen molar-refractivity contribution in [3.05, 3.63) is 39.2 Å². The molecule has 34 heavy (non-hydrogen) atoms. The number of nitrogen functional groups attached to an aromatic ring is 1. The molecule has 1 amide bonds. The van der Waals surface area contributed by atoms with Crippen molar-refractivity contribution in [1.82, 2.24) is 9.88 Å². The van der Waals surface area contributed by atoms with Crippen molar-refractivity contribution in [1.29, 1.82) is 0 Å². The average Bonchev–Trinajstić information content (AvgIpc) is 3.15. The molecule has 2 aromatic rings. The van der Waals surface area contributed by atoms with Gasteiger partial charge < -0.3 is 11.1 Å². The number of carbonyl (C=O) groups is 1. The summed E-state index contributed by atoms with van der Waals surface area (Å²) < 4.78 is 2.36. The van der Waals surface area contributed by atoms with Gasteiger partial charge in [-0.1, -0.05) is 133 Å². The smallest absolute Gasteiger partial charge is 0.265 e. The van der Waals surface area contributed by atoms with E-state index in [1.807, 2.05) is 30.3 Å². The number of nitrogens with zero attached hydrogens (tertiary/aromatic N) is 1. The first-order valence-corrected chi connectivity index (χ1v) is 14.7. The molecular formula is C28H45N3OS2. The summed E-state index contributed by atoms with van der Waals surface area (Å²) in [6, 6.07) is 9.70. The van der Waals surface area contributed by atoms with Gasteiger partial charge in [0.25, 0.3) is 5.91 Å². The number of hydrogen-bond acceptors (Lipinski definition) is 4. The van der Waals surface area contributed by atoms with E-state index < -0.39 is 0 Å². The molecule has 4 nitrogen and oxygen atoms in total. The minimum atomic E-state index is -0.121. The summed E-state index contributed by atoms with van der Waals surface area (Å²) in [7, 11) is 0. The number of nitrogens with one attached hydrogen (secondary N) is 1. The van der Waals surface area contributed by atoms with Crippen LogP contribution in [0.2, 0.25) is 0 Å². The van der Waals surface area contributed by atoms with Crippen LogP contribution in [0, 0.1) is 3.95 Å². The molecule has 0 radical (unpaired) electrons. The van der Waals surface area contributed by atoms with Crippen molar-refractivity contribution in [2.75, 3.05) is 12.3 Å². The zero-order valence-corrected chi connectivity index (χ0v) is 22.8. The first-order valence-electron chi connectivity index (χ1n) is 13.5. The fraction of sp³-hybridized carbons (Fsp3) is 0.643. The maximum absolute atomic E-state index is 12.6. The first kappa shape index (κ1) is 28.6. The number of aromatic nitrogens is 1. The number of hydrogen-bond donors (Lipinski definition) is 2. The van der Waals surface area contributed by atoms with E-state index in [0.29, 0.717) is 21.2 Å². The van der Waals surface area contributed by atoms with Crippen LogP contribution in [0.1, 0.15) is 119 Å². The number of unbranched alkanes of at least 4 members (excludes halogenated alkanes) is 15. The minimum Gasteiger partial charge on any atom is -0.383 e. The Morgan fingerprint density at radius 3 is 1.79 bits per heavy atom. The predicted octanol–water partition coefficient (Wildman–Crippen LogP) is 8.84. The topological polar surface area (TPSA) is 60.0 Å². The van der Waals surface area contributed by atoms with Crippen LogP contribution < -0.4 is 11.1 Å². The Labute approximate surface area is 216 Å². The number of nitrogens with two attached hydrogens (primary N) is 1. The average molecular weight is 504 g/mol. The second-order valence-corrected chi connectivity index (χ2v) is 11.0. The third-order valence-corrected chi connectivity index (χ3v) is 7.77. The minimum absolute atomic E-state index is 0.121. The number of amides is 1. The van der Waals surface area contributed by atoms with Crippen molar-refractivity contribution < 1.29 is 4.79 Å². The molecule has 0 saturated carbocycles. The fourth-order valence-electron chi connectivity index (χ4n) is 4.32. The molecule has 1 heterocycles. The van der Waals surface area contributed by atoms with E-state index in [1.165, 1.54) is 101 Å². The van der Waals surface area contributed by atoms with Crippen molar-refractivity contribution in [3.8, 4) is 5.69 Å². The van der Waals surface area contributed by atoms with Crippen molar-refractivity contribution in [2.24, 2.45) is 0 Å². The van der Waals surface area contributed by atoms with Crippen molar-refractivity contribution in [2.45, 2.75) is 110 Å². The van der Waals surface area contributed by atoms with Crippen LogP contribution in [-0.4, -0.2) is 17.0 Å². The molecule has 0 aliphatic rings. The standard InChI is InChI=1S/C28H45N3OS2/c1-2-3-4-5-6-7-8-9-10-11-12-13-14-15-16-20-23-30-27(32)25-26(29)31(28(33)34-25)24-21-18-17-19-22-24/h17-19,21-22H,2-16,20,23,29H2,1H3,(H,30,32). The normalized spacial score (nSPS) is 11.1. The lowest BCUT2D eigenvalue weighted by atomic mass is 10.0. The fourth-order valence-corrected chi connectivity index (χ4v) is 5.61. The van der Waals surface area contributed by atoms with Gasteiger partial charge in [-0.3, -0.25) is 9.36 Å². The highest BCUT2D eigenvalue weighted by atomic mass is 32.1. The zero-order valence-electron chi connectivity index (χ0n) is 21.2. The van der Waals surface area contributed by atoms with Gasteiger partial charge in [0, 0.05) is 12.2 Å². The molecule has 1 aromatic heterocycles. The molecule has 0 aliphatic carbocycles. The number of thiazole rings is 1. The molecule has 190 valence electrons. The van der Waals surface area contributed by atoms with E-state index in [2.05, 4.69) is 12.2 Å². The summed E-state index contributed by atoms with van der Waals surface area (Å²) >= 11 is 6.71. The Bertz CT molecular complexity index is 860. The summed E-state index contributed by atoms with van der Waals surface area (Å²) in [5.41, 5.74) is 7.14. The van der Waals surface area contributed by atoms with E-state index in [0.717, 1.165) is 18.5 Å². The molecule has 6 heteroatoms. The van der Waals surface area contributed by atoms with E-state index >= 15 is 0 Å². The second-order valence-electron chi connectivity index (χ2n) is 9.31. The summed E-state index contributed by atoms with van der Waals surface area (Å²) in [5, 5.41) is 3.01. The van der Waals surface area contributed by atoms with E-state index in [4.69, 9.17) is 18.0 Å². The van der Waals surface area contributed by atoms with Gasteiger partial charge in [-0.25, -0.2) is 0 Å². The van der Waals surface area contributed by atoms with Crippen LogP contribution in [0.5, 0.6) is 0 Å². The number of anilines is 1. The van der Waals surface area contributed by atoms with Gasteiger partial charge >= 0.3 is 0 Å². The highest BCUT2D eigenvalue weighted by Gasteiger charge is 2.17. The SMILES string of the molecule is CCCCCCCCCCCCCCCCCCNC(=O)c1sc(=S)n(-c2ccccc2)c1N. The third kappa shape index (κ3) is 10.7. The monoisotopic (exact) mass is 503 g/mol. The van der Waals surface area contributed by atoms with Gasteiger partial charge in [-0.2, -0.15) is 0 Å². The second kappa shape index (κ2) is 17.7. The number of carbonyl (C=O) groups excluding carboxylic acids is 1. The van der Waals surface area contributed by atoms with E-state index in [1.54, 1.807) is 4.57 Å². The van der Waals surface area contributed by atoms with Crippen LogP contribution in [0.4, 0.5) is 5.82 Å². The summed E-state index contributed by atoms with van der Waals surface area (Å²) in [6.07, 6.45) is 21.6. The van der Waals surface area contributed by atoms with Crippen LogP contribution >= 0.6 is 23.6 Å². The first-order chi connectivity index (χ1) is 16.6. The maximum Gasteiger partial charge on any atom is 0.265 e. The lowest BCUT2D eigenvalue weighted by Crippen LogP contribution is -2.24. The maximum atomic E-state index is 12.6. The van der Waals surface area contributed by atoms with Crippen LogP contribution in [-0.2, 0) is 0 Å². The highest BCUT2D eigenvalue weighted by molar-refractivity contribution is 7.73. The lowest BCUT2D eigenvalue weighted by molar-refractivity contribution is 0.0957. The Morgan fingerprint density at radius 1 is 0.824 bits per heavy atom. The highest BCUT2D eigenvalue weighted by Crippen LogP contribution is 2.26. The molecule has 0 bridgehead atoms. The summed E-state index contributed by atoms with van der Waals surface area (Å²) in [6.45, 7) is 2.97. The summed E-state index contributed by atoms with van der Waals surface area (Å²) in [4.78, 5) is 13.1. The zero-order chi connectivity index (χ0) is 24.4. The molecule has 0 fully saturated rings. The molecule has 0 unspecified atom stereocenters. The van der Waals surface area contributed by atoms with Gasteiger partial charge in [0.05, 0.1) is 0 Å². The van der Waals surface area contributed by atoms with Gasteiger partial charge in [0.1, 0.15) is 10.7 Å². The van der Waals surface area contributed by atoms with Gasteiger partial charge in [-0.05, 0) is 30.8 Å². The Hall–Kier alpha value is -1.66. The predicted molar refractivity (Wildman–Crippen MR) is 151 cm³/mol. The molecule has 0 spiro atoms. The number of para-hydroxylation sites is 1. The summed E-state index contributed by atoms with van der Waals surface area (Å²) in [5.74, 6) is 0.301. The quantitative estimate of drug-likeness (QED) is 0.149. The van der Waals surface area contributed by atoms with Crippen LogP contribution in [0.25, 0.3) is 5.69 Å².